The van der Waals surface area contributed by atoms with Crippen LogP contribution in [0, 0.1) is 0 Å². The Hall–Kier alpha value is 1.10. The first-order valence-corrected chi connectivity index (χ1v) is 12.7. The molecule has 1 saturated heterocycles. The van der Waals surface area contributed by atoms with E-state index in [9.17, 15) is 0 Å². The van der Waals surface area contributed by atoms with Crippen LogP contribution in [0.2, 0.25) is 0 Å². The van der Waals surface area contributed by atoms with E-state index in [1.165, 1.54) is 0 Å². The molecule has 0 bridgehead atoms. The van der Waals surface area contributed by atoms with Gasteiger partial charge < -0.3 is 0 Å². The molecule has 1 aliphatic heterocycles. The fraction of sp³-hybridized carbons (Fsp3) is 1.00. The Morgan fingerprint density at radius 2 is 1.00 bits per heavy atom. The summed E-state index contributed by atoms with van der Waals surface area (Å²) in [6, 6.07) is 1.11. The Morgan fingerprint density at radius 1 is 0.765 bits per heavy atom. The molecule has 0 aliphatic carbocycles. The van der Waals surface area contributed by atoms with Gasteiger partial charge in [0.05, 0.1) is 0 Å². The van der Waals surface area contributed by atoms with E-state index in [0.717, 1.165) is 0 Å². The molecular weight excluding hydrogens is 360 g/mol. The molecule has 2 nitrogen and oxygen atoms in total. The molecule has 1 rings (SSSR count). The molecule has 0 aromatic rings. The Balaban J connectivity index is 3.24. The van der Waals surface area contributed by atoms with Gasteiger partial charge in [-0.05, 0) is 55.4 Å². The van der Waals surface area contributed by atoms with Gasteiger partial charge in [0.2, 0.25) is 0 Å². The first-order valence-electron chi connectivity index (χ1n) is 6.28. The summed E-state index contributed by atoms with van der Waals surface area (Å²) in [5, 5.41) is 0. The fourth-order valence-electron chi connectivity index (χ4n) is 3.07. The van der Waals surface area contributed by atoms with Gasteiger partial charge in [-0.15, -0.1) is 0 Å². The van der Waals surface area contributed by atoms with E-state index in [4.69, 9.17) is 0 Å². The van der Waals surface area contributed by atoms with Crippen LogP contribution in [-0.4, -0.2) is 37.9 Å². The molecule has 1 fully saturated rings. The van der Waals surface area contributed by atoms with Gasteiger partial charge in [-0.3, -0.25) is 9.13 Å². The van der Waals surface area contributed by atoms with E-state index in [1.54, 1.807) is 0 Å². The van der Waals surface area contributed by atoms with Crippen LogP contribution in [-0.2, 0) is 0 Å². The van der Waals surface area contributed by atoms with Gasteiger partial charge in [0.15, 0.2) is 0 Å². The first-order chi connectivity index (χ1) is 7.31. The maximum absolute atomic E-state index is 4.04. The van der Waals surface area contributed by atoms with Crippen LogP contribution < -0.4 is 0 Å². The van der Waals surface area contributed by atoms with Crippen LogP contribution in [0.4, 0.5) is 0 Å². The molecular formula is C12H26Br2N2Si. The van der Waals surface area contributed by atoms with Crippen LogP contribution >= 0.6 is 30.6 Å². The van der Waals surface area contributed by atoms with E-state index >= 15 is 0 Å². The standard InChI is InChI=1S/C12H26Br2N2Si/c1-9-10(2)16(12(6,7)8)17(13,14)15(9)11(3,4)5/h9-10H,1-8H3/t9-,10-/m0/s1. The summed E-state index contributed by atoms with van der Waals surface area (Å²) in [7, 11) is 0. The highest BCUT2D eigenvalue weighted by Gasteiger charge is 2.60. The van der Waals surface area contributed by atoms with Crippen molar-refractivity contribution in [2.45, 2.75) is 78.6 Å². The Bertz CT molecular complexity index is 266. The fourth-order valence-corrected chi connectivity index (χ4v) is 16.6. The minimum Gasteiger partial charge on any atom is -0.286 e. The second-order valence-corrected chi connectivity index (χ2v) is 18.9. The molecule has 0 saturated carbocycles. The molecule has 2 atom stereocenters. The predicted molar refractivity (Wildman–Crippen MR) is 85.7 cm³/mol. The molecule has 5 heteroatoms. The van der Waals surface area contributed by atoms with Crippen molar-refractivity contribution in [1.82, 2.24) is 9.13 Å². The lowest BCUT2D eigenvalue weighted by Crippen LogP contribution is -2.61. The molecule has 1 aliphatic rings. The summed E-state index contributed by atoms with van der Waals surface area (Å²) in [5.74, 6) is 0. The van der Waals surface area contributed by atoms with E-state index in [2.05, 4.69) is 95.1 Å². The van der Waals surface area contributed by atoms with Gasteiger partial charge >= 0.3 is 5.64 Å². The minimum absolute atomic E-state index is 0.174. The van der Waals surface area contributed by atoms with Crippen molar-refractivity contribution in [1.29, 1.82) is 0 Å². The Morgan fingerprint density at radius 3 is 1.12 bits per heavy atom. The number of hydrogen-bond acceptors (Lipinski definition) is 2. The molecule has 0 spiro atoms. The van der Waals surface area contributed by atoms with Crippen molar-refractivity contribution in [3.05, 3.63) is 0 Å². The molecule has 102 valence electrons. The van der Waals surface area contributed by atoms with Crippen molar-refractivity contribution >= 4 is 36.2 Å². The van der Waals surface area contributed by atoms with E-state index in [-0.39, 0.29) is 11.1 Å². The van der Waals surface area contributed by atoms with Crippen molar-refractivity contribution in [2.24, 2.45) is 0 Å². The molecule has 0 aromatic carbocycles. The molecule has 0 radical (unpaired) electrons. The average Bonchev–Trinajstić information content (AvgIpc) is 2.13. The molecule has 0 amide bonds. The molecule has 17 heavy (non-hydrogen) atoms. The SMILES string of the molecule is C[C@H]1[C@H](C)N(C(C)(C)C)[Si](Br)(Br)N1C(C)(C)C. The van der Waals surface area contributed by atoms with Crippen LogP contribution in [0.15, 0.2) is 0 Å². The van der Waals surface area contributed by atoms with Crippen LogP contribution in [0.5, 0.6) is 0 Å². The van der Waals surface area contributed by atoms with Gasteiger partial charge in [0.25, 0.3) is 0 Å². The lowest BCUT2D eigenvalue weighted by atomic mass is 10.0. The van der Waals surface area contributed by atoms with Crippen molar-refractivity contribution < 1.29 is 0 Å². The molecule has 0 unspecified atom stereocenters. The zero-order valence-electron chi connectivity index (χ0n) is 12.3. The first kappa shape index (κ1) is 16.2. The smallest absolute Gasteiger partial charge is 0.286 e. The maximum Gasteiger partial charge on any atom is 0.355 e. The maximum atomic E-state index is 4.04. The molecule has 0 N–H and O–H groups in total. The van der Waals surface area contributed by atoms with E-state index in [0.29, 0.717) is 12.1 Å². The van der Waals surface area contributed by atoms with E-state index in [1.807, 2.05) is 0 Å². The Kier molecular flexibility index (Phi) is 4.35. The van der Waals surface area contributed by atoms with Gasteiger partial charge in [-0.25, -0.2) is 0 Å². The zero-order chi connectivity index (χ0) is 13.8. The Labute approximate surface area is 123 Å². The quantitative estimate of drug-likeness (QED) is 0.455. The highest BCUT2D eigenvalue weighted by atomic mass is 79.9. The second kappa shape index (κ2) is 4.58. The highest BCUT2D eigenvalue weighted by molar-refractivity contribution is 9.50. The number of rotatable bonds is 0. The summed E-state index contributed by atoms with van der Waals surface area (Å²) in [5.41, 5.74) is -1.56. The monoisotopic (exact) mass is 384 g/mol. The number of halogens is 2. The summed E-state index contributed by atoms with van der Waals surface area (Å²) in [4.78, 5) is 0. The third kappa shape index (κ3) is 2.83. The molecule has 0 aromatic heterocycles. The summed E-state index contributed by atoms with van der Waals surface area (Å²) < 4.78 is 5.27. The third-order valence-corrected chi connectivity index (χ3v) is 11.4. The number of nitrogens with zero attached hydrogens (tertiary/aromatic N) is 2. The summed E-state index contributed by atoms with van der Waals surface area (Å²) in [6.07, 6.45) is 0. The zero-order valence-corrected chi connectivity index (χ0v) is 16.5. The normalized spacial score (nSPS) is 32.1. The second-order valence-electron chi connectivity index (χ2n) is 7.07. The minimum atomic E-state index is -1.90. The highest BCUT2D eigenvalue weighted by Crippen LogP contribution is 2.47. The van der Waals surface area contributed by atoms with Crippen LogP contribution in [0.1, 0.15) is 55.4 Å². The van der Waals surface area contributed by atoms with Gasteiger partial charge in [0.1, 0.15) is 0 Å². The van der Waals surface area contributed by atoms with Crippen LogP contribution in [0.3, 0.4) is 0 Å². The van der Waals surface area contributed by atoms with Crippen LogP contribution in [0.25, 0.3) is 0 Å². The molecule has 1 heterocycles. The average molecular weight is 386 g/mol. The van der Waals surface area contributed by atoms with Gasteiger partial charge in [0, 0.05) is 23.2 Å². The number of hydrogen-bond donors (Lipinski definition) is 0. The largest absolute Gasteiger partial charge is 0.355 e. The van der Waals surface area contributed by atoms with Crippen molar-refractivity contribution in [3.8, 4) is 0 Å². The topological polar surface area (TPSA) is 6.48 Å². The summed E-state index contributed by atoms with van der Waals surface area (Å²) in [6.45, 7) is 18.5. The lowest BCUT2D eigenvalue weighted by molar-refractivity contribution is 0.172. The lowest BCUT2D eigenvalue weighted by Gasteiger charge is -2.45. The van der Waals surface area contributed by atoms with Gasteiger partial charge in [-0.1, -0.05) is 30.6 Å². The third-order valence-electron chi connectivity index (χ3n) is 3.54. The van der Waals surface area contributed by atoms with Gasteiger partial charge in [-0.2, -0.15) is 0 Å². The predicted octanol–water partition coefficient (Wildman–Crippen LogP) is 4.20. The van der Waals surface area contributed by atoms with Crippen molar-refractivity contribution in [3.63, 3.8) is 0 Å². The summed E-state index contributed by atoms with van der Waals surface area (Å²) >= 11 is 8.07. The van der Waals surface area contributed by atoms with Crippen molar-refractivity contribution in [2.75, 3.05) is 0 Å². The van der Waals surface area contributed by atoms with E-state index < -0.39 is 5.64 Å².